The fourth-order valence-electron chi connectivity index (χ4n) is 0.784. The highest BCUT2D eigenvalue weighted by Crippen LogP contribution is 2.04. The van der Waals surface area contributed by atoms with E-state index in [1.165, 1.54) is 0 Å². The maximum atomic E-state index is 9.14. The van der Waals surface area contributed by atoms with Gasteiger partial charge in [0.05, 0.1) is 6.10 Å². The average Bonchev–Trinajstić information content (AvgIpc) is 1.97. The third kappa shape index (κ3) is 6.33. The first kappa shape index (κ1) is 10.2. The third-order valence-electron chi connectivity index (χ3n) is 1.37. The minimum Gasteiger partial charge on any atom is -0.396 e. The van der Waals surface area contributed by atoms with Gasteiger partial charge in [0.25, 0.3) is 0 Å². The summed E-state index contributed by atoms with van der Waals surface area (Å²) in [5, 5.41) is 17.5. The van der Waals surface area contributed by atoms with Gasteiger partial charge in [-0.1, -0.05) is 0 Å². The largest absolute Gasteiger partial charge is 0.396 e. The van der Waals surface area contributed by atoms with Gasteiger partial charge in [0.2, 0.25) is 0 Å². The van der Waals surface area contributed by atoms with Crippen LogP contribution in [-0.2, 0) is 0 Å². The number of aliphatic hydroxyl groups excluding tert-OH is 2. The zero-order chi connectivity index (χ0) is 7.82. The van der Waals surface area contributed by atoms with Gasteiger partial charge in [-0.2, -0.15) is 0 Å². The van der Waals surface area contributed by atoms with Gasteiger partial charge >= 0.3 is 0 Å². The van der Waals surface area contributed by atoms with Crippen molar-refractivity contribution in [3.63, 3.8) is 0 Å². The molecule has 0 rings (SSSR count). The Balaban J connectivity index is 3.00. The summed E-state index contributed by atoms with van der Waals surface area (Å²) >= 11 is 5.42. The quantitative estimate of drug-likeness (QED) is 0.581. The SMILES string of the molecule is OCCC[C@H](O)CCCCl. The Labute approximate surface area is 66.8 Å². The van der Waals surface area contributed by atoms with Gasteiger partial charge in [-0.25, -0.2) is 0 Å². The van der Waals surface area contributed by atoms with Crippen LogP contribution < -0.4 is 0 Å². The highest BCUT2D eigenvalue weighted by molar-refractivity contribution is 6.17. The first-order chi connectivity index (χ1) is 4.81. The van der Waals surface area contributed by atoms with Crippen LogP contribution in [0.4, 0.5) is 0 Å². The molecular formula is C7H15ClO2. The van der Waals surface area contributed by atoms with Crippen LogP contribution in [0.5, 0.6) is 0 Å². The molecule has 3 heteroatoms. The van der Waals surface area contributed by atoms with E-state index < -0.39 is 0 Å². The molecule has 0 aliphatic heterocycles. The molecule has 0 amide bonds. The summed E-state index contributed by atoms with van der Waals surface area (Å²) in [4.78, 5) is 0. The summed E-state index contributed by atoms with van der Waals surface area (Å²) in [6.07, 6.45) is 2.71. The highest BCUT2D eigenvalue weighted by Gasteiger charge is 2.01. The first-order valence-electron chi connectivity index (χ1n) is 3.66. The van der Waals surface area contributed by atoms with E-state index in [1.807, 2.05) is 0 Å². The van der Waals surface area contributed by atoms with Gasteiger partial charge in [0.1, 0.15) is 0 Å². The molecule has 0 aliphatic rings. The summed E-state index contributed by atoms with van der Waals surface area (Å²) in [6, 6.07) is 0. The number of hydrogen-bond donors (Lipinski definition) is 2. The molecule has 0 aromatic rings. The lowest BCUT2D eigenvalue weighted by atomic mass is 10.1. The third-order valence-corrected chi connectivity index (χ3v) is 1.63. The van der Waals surface area contributed by atoms with Crippen LogP contribution in [0, 0.1) is 0 Å². The van der Waals surface area contributed by atoms with Crippen LogP contribution >= 0.6 is 11.6 Å². The van der Waals surface area contributed by atoms with E-state index in [2.05, 4.69) is 0 Å². The second kappa shape index (κ2) is 7.32. The molecule has 2 N–H and O–H groups in total. The molecule has 0 heterocycles. The maximum Gasteiger partial charge on any atom is 0.0541 e. The van der Waals surface area contributed by atoms with Gasteiger partial charge in [-0.05, 0) is 25.7 Å². The molecule has 2 nitrogen and oxygen atoms in total. The van der Waals surface area contributed by atoms with Crippen molar-refractivity contribution >= 4 is 11.6 Å². The fraction of sp³-hybridized carbons (Fsp3) is 1.00. The van der Waals surface area contributed by atoms with E-state index in [4.69, 9.17) is 21.8 Å². The molecule has 0 bridgehead atoms. The summed E-state index contributed by atoms with van der Waals surface area (Å²) in [5.74, 6) is 0.607. The van der Waals surface area contributed by atoms with Crippen molar-refractivity contribution in [2.75, 3.05) is 12.5 Å². The van der Waals surface area contributed by atoms with E-state index in [-0.39, 0.29) is 12.7 Å². The second-order valence-corrected chi connectivity index (χ2v) is 2.73. The molecule has 0 aromatic carbocycles. The first-order valence-corrected chi connectivity index (χ1v) is 4.19. The number of halogens is 1. The standard InChI is InChI=1S/C7H15ClO2/c8-5-1-3-7(10)4-2-6-9/h7,9-10H,1-6H2/t7-/m1/s1. The summed E-state index contributed by atoms with van der Waals surface area (Å²) < 4.78 is 0. The molecular weight excluding hydrogens is 152 g/mol. The molecule has 0 saturated heterocycles. The molecule has 0 aromatic heterocycles. The lowest BCUT2D eigenvalue weighted by Crippen LogP contribution is -2.07. The predicted octanol–water partition coefficient (Wildman–Crippen LogP) is 1.14. The van der Waals surface area contributed by atoms with E-state index >= 15 is 0 Å². The number of hydrogen-bond acceptors (Lipinski definition) is 2. The minimum atomic E-state index is -0.272. The van der Waals surface area contributed by atoms with Crippen LogP contribution in [0.3, 0.4) is 0 Å². The predicted molar refractivity (Wildman–Crippen MR) is 42.3 cm³/mol. The van der Waals surface area contributed by atoms with Crippen molar-refractivity contribution in [2.45, 2.75) is 31.8 Å². The van der Waals surface area contributed by atoms with Crippen molar-refractivity contribution in [3.05, 3.63) is 0 Å². The van der Waals surface area contributed by atoms with Crippen molar-refractivity contribution < 1.29 is 10.2 Å². The monoisotopic (exact) mass is 166 g/mol. The average molecular weight is 167 g/mol. The Hall–Kier alpha value is 0.210. The second-order valence-electron chi connectivity index (χ2n) is 2.35. The topological polar surface area (TPSA) is 40.5 Å². The highest BCUT2D eigenvalue weighted by atomic mass is 35.5. The zero-order valence-corrected chi connectivity index (χ0v) is 6.85. The minimum absolute atomic E-state index is 0.165. The smallest absolute Gasteiger partial charge is 0.0541 e. The molecule has 0 spiro atoms. The van der Waals surface area contributed by atoms with Gasteiger partial charge in [0.15, 0.2) is 0 Å². The van der Waals surface area contributed by atoms with Crippen LogP contribution in [0.1, 0.15) is 25.7 Å². The Morgan fingerprint density at radius 3 is 2.30 bits per heavy atom. The summed E-state index contributed by atoms with van der Waals surface area (Å²) in [6.45, 7) is 0.165. The molecule has 0 unspecified atom stereocenters. The molecule has 62 valence electrons. The van der Waals surface area contributed by atoms with E-state index in [0.717, 1.165) is 12.8 Å². The lowest BCUT2D eigenvalue weighted by molar-refractivity contribution is 0.140. The fourth-order valence-corrected chi connectivity index (χ4v) is 0.938. The number of alkyl halides is 1. The van der Waals surface area contributed by atoms with Gasteiger partial charge < -0.3 is 10.2 Å². The van der Waals surface area contributed by atoms with E-state index in [9.17, 15) is 0 Å². The molecule has 1 atom stereocenters. The van der Waals surface area contributed by atoms with Crippen LogP contribution in [-0.4, -0.2) is 28.8 Å². The lowest BCUT2D eigenvalue weighted by Gasteiger charge is -2.06. The molecule has 10 heavy (non-hydrogen) atoms. The molecule has 0 saturated carbocycles. The maximum absolute atomic E-state index is 9.14. The van der Waals surface area contributed by atoms with Crippen LogP contribution in [0.2, 0.25) is 0 Å². The normalized spacial score (nSPS) is 13.5. The Kier molecular flexibility index (Phi) is 7.47. The van der Waals surface area contributed by atoms with Crippen molar-refractivity contribution in [1.82, 2.24) is 0 Å². The Bertz CT molecular complexity index is 60.6. The van der Waals surface area contributed by atoms with Crippen LogP contribution in [0.15, 0.2) is 0 Å². The number of rotatable bonds is 6. The Morgan fingerprint density at radius 1 is 1.20 bits per heavy atom. The Morgan fingerprint density at radius 2 is 1.80 bits per heavy atom. The van der Waals surface area contributed by atoms with Crippen molar-refractivity contribution in [3.8, 4) is 0 Å². The van der Waals surface area contributed by atoms with E-state index in [0.29, 0.717) is 18.7 Å². The molecule has 0 fully saturated rings. The molecule has 0 radical (unpaired) electrons. The van der Waals surface area contributed by atoms with Gasteiger partial charge in [0, 0.05) is 12.5 Å². The summed E-state index contributed by atoms with van der Waals surface area (Å²) in [7, 11) is 0. The van der Waals surface area contributed by atoms with Crippen molar-refractivity contribution in [2.24, 2.45) is 0 Å². The van der Waals surface area contributed by atoms with Gasteiger partial charge in [-0.3, -0.25) is 0 Å². The zero-order valence-electron chi connectivity index (χ0n) is 6.09. The summed E-state index contributed by atoms with van der Waals surface area (Å²) in [5.41, 5.74) is 0. The molecule has 0 aliphatic carbocycles. The van der Waals surface area contributed by atoms with Crippen LogP contribution in [0.25, 0.3) is 0 Å². The van der Waals surface area contributed by atoms with Gasteiger partial charge in [-0.15, -0.1) is 11.6 Å². The van der Waals surface area contributed by atoms with E-state index in [1.54, 1.807) is 0 Å². The number of aliphatic hydroxyl groups is 2. The van der Waals surface area contributed by atoms with Crippen molar-refractivity contribution in [1.29, 1.82) is 0 Å².